The van der Waals surface area contributed by atoms with Crippen LogP contribution in [0.15, 0.2) is 12.2 Å². The smallest absolute Gasteiger partial charge is 0.372 e. The monoisotopic (exact) mass is 911 g/mol. The van der Waals surface area contributed by atoms with Crippen LogP contribution in [-0.2, 0) is 62.3 Å². The van der Waals surface area contributed by atoms with Crippen molar-refractivity contribution < 1.29 is 124 Å². The van der Waals surface area contributed by atoms with Gasteiger partial charge >= 0.3 is 53.7 Å². The van der Waals surface area contributed by atoms with Gasteiger partial charge in [-0.25, -0.2) is 19.2 Å². The number of rotatable bonds is 16. The molecule has 0 amide bonds. The Morgan fingerprint density at radius 3 is 0.952 bits per heavy atom. The second kappa shape index (κ2) is 42.5. The van der Waals surface area contributed by atoms with E-state index in [0.29, 0.717) is 6.42 Å². The summed E-state index contributed by atoms with van der Waals surface area (Å²) in [5, 5.41) is 97.2. The van der Waals surface area contributed by atoms with Gasteiger partial charge in [-0.2, -0.15) is 0 Å². The topological polar surface area (TPSA) is 543 Å². The van der Waals surface area contributed by atoms with Crippen molar-refractivity contribution in [2.75, 3.05) is 0 Å². The van der Waals surface area contributed by atoms with Crippen molar-refractivity contribution in [3.8, 4) is 0 Å². The summed E-state index contributed by atoms with van der Waals surface area (Å²) in [4.78, 5) is 128. The van der Waals surface area contributed by atoms with Gasteiger partial charge in [0, 0.05) is 12.0 Å². The third-order valence-electron chi connectivity index (χ3n) is 5.44. The molecule has 62 heavy (non-hydrogen) atoms. The fourth-order valence-corrected chi connectivity index (χ4v) is 1.17. The van der Waals surface area contributed by atoms with Crippen molar-refractivity contribution in [3.63, 3.8) is 0 Å². The van der Waals surface area contributed by atoms with Crippen molar-refractivity contribution in [1.82, 2.24) is 0 Å². The third kappa shape index (κ3) is 60.1. The van der Waals surface area contributed by atoms with Gasteiger partial charge in [0.25, 0.3) is 5.78 Å². The van der Waals surface area contributed by atoms with Crippen LogP contribution in [0.4, 0.5) is 0 Å². The minimum atomic E-state index is -2.22. The number of Topliss-reactive ketones (excluding diaryl/α,β-unsaturated/α-hetero) is 4. The molecular formula is C34H61N3O25. The Bertz CT molecular complexity index is 1460. The van der Waals surface area contributed by atoms with E-state index in [4.69, 9.17) is 78.5 Å². The Kier molecular flexibility index (Phi) is 52.2. The van der Waals surface area contributed by atoms with Crippen molar-refractivity contribution in [3.05, 3.63) is 12.2 Å². The van der Waals surface area contributed by atoms with E-state index in [9.17, 15) is 62.3 Å². The average molecular weight is 912 g/mol. The highest BCUT2D eigenvalue weighted by molar-refractivity contribution is 6.35. The second-order valence-corrected chi connectivity index (χ2v) is 11.2. The zero-order valence-electron chi connectivity index (χ0n) is 34.3. The Hall–Kier alpha value is -6.59. The number of carboxylic acid groups (broad SMARTS) is 9. The molecular weight excluding hydrogens is 850 g/mol. The number of aliphatic carboxylic acids is 9. The molecule has 0 saturated heterocycles. The number of carbonyl (C=O) groups excluding carboxylic acids is 4. The maximum absolute atomic E-state index is 10.3. The maximum atomic E-state index is 10.3. The van der Waals surface area contributed by atoms with Gasteiger partial charge in [0.15, 0.2) is 11.6 Å². The highest BCUT2D eigenvalue weighted by Gasteiger charge is 2.35. The van der Waals surface area contributed by atoms with Crippen LogP contribution in [0.25, 0.3) is 0 Å². The van der Waals surface area contributed by atoms with E-state index in [-0.39, 0.29) is 25.2 Å². The quantitative estimate of drug-likeness (QED) is 0.0425. The van der Waals surface area contributed by atoms with E-state index in [1.165, 1.54) is 34.6 Å². The molecule has 0 heterocycles. The molecule has 18 N–H and O–H groups in total. The molecule has 362 valence electrons. The van der Waals surface area contributed by atoms with Gasteiger partial charge in [-0.05, 0) is 48.0 Å². The molecule has 0 rings (SSSR count). The summed E-state index contributed by atoms with van der Waals surface area (Å²) < 4.78 is 0. The number of ketones is 4. The van der Waals surface area contributed by atoms with Gasteiger partial charge < -0.3 is 78.5 Å². The summed E-state index contributed by atoms with van der Waals surface area (Å²) in [5.74, 6) is -14.5. The molecule has 28 nitrogen and oxygen atoms in total. The first-order chi connectivity index (χ1) is 27.2. The van der Waals surface area contributed by atoms with Crippen LogP contribution in [0.1, 0.15) is 88.5 Å². The highest BCUT2D eigenvalue weighted by Crippen LogP contribution is 2.03. The molecule has 0 aromatic carbocycles. The molecule has 0 radical (unpaired) electrons. The largest absolute Gasteiger partial charge is 0.481 e. The molecule has 0 aliphatic carbocycles. The van der Waals surface area contributed by atoms with E-state index >= 15 is 0 Å². The summed E-state index contributed by atoms with van der Waals surface area (Å²) in [5.41, 5.74) is 12.7. The molecule has 0 aromatic rings. The van der Waals surface area contributed by atoms with Crippen molar-refractivity contribution in [1.29, 1.82) is 0 Å². The zero-order chi connectivity index (χ0) is 51.3. The van der Waals surface area contributed by atoms with Gasteiger partial charge in [0.05, 0.1) is 12.5 Å². The Morgan fingerprint density at radius 2 is 0.919 bits per heavy atom. The zero-order valence-corrected chi connectivity index (χ0v) is 34.3. The van der Waals surface area contributed by atoms with E-state index < -0.39 is 120 Å². The minimum absolute atomic E-state index is 0. The maximum Gasteiger partial charge on any atom is 0.372 e. The van der Waals surface area contributed by atoms with Crippen LogP contribution in [0.5, 0.6) is 0 Å². The first-order valence-electron chi connectivity index (χ1n) is 16.3. The summed E-state index contributed by atoms with van der Waals surface area (Å²) in [6, 6.07) is -3.13. The van der Waals surface area contributed by atoms with Crippen LogP contribution < -0.4 is 17.2 Å². The lowest BCUT2D eigenvalue weighted by Gasteiger charge is -2.11. The average Bonchev–Trinajstić information content (AvgIpc) is 3.11. The Balaban J connectivity index is -0.0000000741. The number of aliphatic hydroxyl groups excluding tert-OH is 2. The van der Waals surface area contributed by atoms with Gasteiger partial charge in [-0.3, -0.25) is 43.2 Å². The van der Waals surface area contributed by atoms with Crippen LogP contribution in [-0.4, -0.2) is 174 Å². The number of carboxylic acids is 9. The lowest BCUT2D eigenvalue weighted by atomic mass is 10.0. The molecule has 0 aromatic heterocycles. The van der Waals surface area contributed by atoms with E-state index in [1.54, 1.807) is 6.92 Å². The number of nitrogens with two attached hydrogens (primary N) is 3. The molecule has 0 saturated carbocycles. The molecule has 0 aliphatic heterocycles. The predicted molar refractivity (Wildman–Crippen MR) is 209 cm³/mol. The molecule has 28 heteroatoms. The summed E-state index contributed by atoms with van der Waals surface area (Å²) in [7, 11) is 0. The molecule has 3 unspecified atom stereocenters. The van der Waals surface area contributed by atoms with Crippen molar-refractivity contribution in [2.24, 2.45) is 17.2 Å². The molecule has 0 fully saturated rings. The molecule has 0 aliphatic rings. The predicted octanol–water partition coefficient (Wildman–Crippen LogP) is -2.72. The summed E-state index contributed by atoms with van der Waals surface area (Å²) >= 11 is 0. The first kappa shape index (κ1) is 76.2. The van der Waals surface area contributed by atoms with Gasteiger partial charge in [-0.15, -0.1) is 0 Å². The molecule has 6 atom stereocenters. The summed E-state index contributed by atoms with van der Waals surface area (Å²) in [6.07, 6.45) is -2.67. The van der Waals surface area contributed by atoms with E-state index in [0.717, 1.165) is 13.8 Å². The first-order valence-corrected chi connectivity index (χ1v) is 16.3. The van der Waals surface area contributed by atoms with Gasteiger partial charge in [0.1, 0.15) is 30.7 Å². The number of hydrogen-bond donors (Lipinski definition) is 15. The lowest BCUT2D eigenvalue weighted by Crippen LogP contribution is -2.41. The standard InChI is InChI=1S/C5H8O4.C4H7NO4.C4H9NO3.C4H9NO2.C4H4O5.C4H6O3.C4H8O2.C4H6O2.CH4/c1-3(6)5(2,9)4(7)8;5-2(4(8)9)1-3(6)7;1-2(6)3(5)4(7)8;1-2-3(5)4(6)7;5-2(4(8)9)1-3(6)7;1-2-3(5)4(6)7;1-3(5)4(2)6;1-3(2)4(5)6;/h9H,1-2H3,(H,7,8);2H,1,5H2,(H,6,7)(H,8,9);2-3,6H,5H2,1H3,(H,7,8);3H,2,5H2,1H3,(H,6,7);1H2,(H,6,7)(H,8,9);2H2,1H3,(H,6,7);3,5H,1-2H3;1H2,2H3,(H,5,6);1H4/t;2-;2?,3-;3-;;;;;/m.000...../s1. The number of carbonyl (C=O) groups is 13. The SMILES string of the molecule is C.C=C(C)C(=O)O.CC(=O)C(C)(O)C(=O)O.CC(=O)C(C)O.CC(O)[C@H](N)C(=O)O.CCC(=O)C(=O)O.CC[C@H](N)C(=O)O.N[C@@H](CC(=O)O)C(=O)O.O=C(O)CC(=O)C(=O)O. The lowest BCUT2D eigenvalue weighted by molar-refractivity contribution is -0.162. The van der Waals surface area contributed by atoms with Crippen molar-refractivity contribution in [2.45, 2.75) is 124 Å². The van der Waals surface area contributed by atoms with Crippen LogP contribution in [0.2, 0.25) is 0 Å². The van der Waals surface area contributed by atoms with E-state index in [1.807, 2.05) is 0 Å². The number of aliphatic hydroxyl groups is 3. The summed E-state index contributed by atoms with van der Waals surface area (Å²) in [6.45, 7) is 13.9. The van der Waals surface area contributed by atoms with Crippen LogP contribution >= 0.6 is 0 Å². The highest BCUT2D eigenvalue weighted by atomic mass is 16.4. The molecule has 0 spiro atoms. The van der Waals surface area contributed by atoms with E-state index in [2.05, 4.69) is 6.58 Å². The third-order valence-corrected chi connectivity index (χ3v) is 5.44. The van der Waals surface area contributed by atoms with Crippen LogP contribution in [0.3, 0.4) is 0 Å². The van der Waals surface area contributed by atoms with Crippen molar-refractivity contribution >= 4 is 76.9 Å². The Morgan fingerprint density at radius 1 is 0.597 bits per heavy atom. The minimum Gasteiger partial charge on any atom is -0.481 e. The fourth-order valence-electron chi connectivity index (χ4n) is 1.17. The normalized spacial score (nSPS) is 12.2. The van der Waals surface area contributed by atoms with Gasteiger partial charge in [0.2, 0.25) is 11.4 Å². The Labute approximate surface area is 354 Å². The van der Waals surface area contributed by atoms with Crippen LogP contribution in [0, 0.1) is 0 Å². The number of hydrogen-bond acceptors (Lipinski definition) is 19. The second-order valence-electron chi connectivity index (χ2n) is 11.2. The van der Waals surface area contributed by atoms with Gasteiger partial charge in [-0.1, -0.05) is 27.9 Å². The fraction of sp³-hybridized carbons (Fsp3) is 0.559. The molecule has 0 bridgehead atoms.